The molecule has 0 unspecified atom stereocenters. The van der Waals surface area contributed by atoms with Crippen LogP contribution < -0.4 is 14.5 Å². The molecule has 6 rings (SSSR count). The van der Waals surface area contributed by atoms with Crippen LogP contribution in [0.4, 0.5) is 20.2 Å². The molecule has 3 aliphatic heterocycles. The summed E-state index contributed by atoms with van der Waals surface area (Å²) in [6.07, 6.45) is 0.756. The van der Waals surface area contributed by atoms with E-state index in [2.05, 4.69) is 11.6 Å². The van der Waals surface area contributed by atoms with Crippen molar-refractivity contribution in [3.05, 3.63) is 53.6 Å². The summed E-state index contributed by atoms with van der Waals surface area (Å²) in [5.41, 5.74) is 0.0556. The first-order valence-corrected chi connectivity index (χ1v) is 13.6. The third-order valence-electron chi connectivity index (χ3n) is 7.87. The Morgan fingerprint density at radius 3 is 2.68 bits per heavy atom. The van der Waals surface area contributed by atoms with Crippen LogP contribution in [0, 0.1) is 11.6 Å². The lowest BCUT2D eigenvalue weighted by molar-refractivity contribution is -0.131. The molecule has 41 heavy (non-hydrogen) atoms. The molecule has 1 N–H and O–H groups in total. The van der Waals surface area contributed by atoms with Crippen LogP contribution in [0.5, 0.6) is 11.6 Å². The minimum absolute atomic E-state index is 0.0691. The van der Waals surface area contributed by atoms with E-state index in [-0.39, 0.29) is 65.0 Å². The minimum Gasteiger partial charge on any atom is -0.507 e. The van der Waals surface area contributed by atoms with Gasteiger partial charge in [0.1, 0.15) is 34.9 Å². The number of aromatic nitrogens is 1. The summed E-state index contributed by atoms with van der Waals surface area (Å²) < 4.78 is 37.5. The van der Waals surface area contributed by atoms with E-state index in [0.717, 1.165) is 6.07 Å². The molecule has 3 atom stereocenters. The zero-order valence-corrected chi connectivity index (χ0v) is 23.5. The normalized spacial score (nSPS) is 21.6. The number of hydrogen-bond donors (Lipinski definition) is 1. The maximum absolute atomic E-state index is 16.4. The van der Waals surface area contributed by atoms with Gasteiger partial charge in [-0.05, 0) is 45.3 Å². The number of nitrogens with zero attached hydrogens (tertiary/aromatic N) is 5. The number of phenolic OH excluding ortho intramolecular Hbond substituents is 1. The summed E-state index contributed by atoms with van der Waals surface area (Å²) in [7, 11) is 3.74. The zero-order valence-electron chi connectivity index (χ0n) is 22.7. The van der Waals surface area contributed by atoms with Gasteiger partial charge in [-0.3, -0.25) is 9.59 Å². The molecular formula is C29H28ClF2N5O4. The van der Waals surface area contributed by atoms with Crippen molar-refractivity contribution >= 4 is 45.7 Å². The predicted molar refractivity (Wildman–Crippen MR) is 152 cm³/mol. The second kappa shape index (κ2) is 9.85. The lowest BCUT2D eigenvalue weighted by Crippen LogP contribution is -2.67. The molecule has 0 saturated carbocycles. The minimum atomic E-state index is -0.932. The molecule has 1 aromatic heterocycles. The molecule has 9 nitrogen and oxygen atoms in total. The maximum atomic E-state index is 16.4. The molecule has 1 fully saturated rings. The molecule has 3 aromatic rings. The van der Waals surface area contributed by atoms with Crippen LogP contribution in [-0.4, -0.2) is 90.2 Å². The quantitative estimate of drug-likeness (QED) is 0.467. The number of carbonyl (C=O) groups excluding carboxylic acids is 2. The van der Waals surface area contributed by atoms with Crippen LogP contribution >= 0.6 is 11.6 Å². The van der Waals surface area contributed by atoms with Crippen LogP contribution in [0.2, 0.25) is 5.02 Å². The Kier molecular flexibility index (Phi) is 6.54. The van der Waals surface area contributed by atoms with Crippen molar-refractivity contribution in [2.45, 2.75) is 25.1 Å². The highest BCUT2D eigenvalue weighted by Gasteiger charge is 2.49. The number of rotatable bonds is 4. The average molecular weight is 584 g/mol. The number of hydrogen-bond acceptors (Lipinski definition) is 7. The molecule has 1 saturated heterocycles. The molecule has 4 heterocycles. The number of carbonyl (C=O) groups is 2. The van der Waals surface area contributed by atoms with Gasteiger partial charge in [0.15, 0.2) is 5.82 Å². The molecule has 0 bridgehead atoms. The Balaban J connectivity index is 1.62. The molecule has 3 aliphatic rings. The van der Waals surface area contributed by atoms with Gasteiger partial charge >= 0.3 is 0 Å². The van der Waals surface area contributed by atoms with Gasteiger partial charge in [-0.25, -0.2) is 13.8 Å². The van der Waals surface area contributed by atoms with Gasteiger partial charge in [0.25, 0.3) is 5.91 Å². The van der Waals surface area contributed by atoms with E-state index >= 15 is 4.39 Å². The Hall–Kier alpha value is -3.96. The second-order valence-electron chi connectivity index (χ2n) is 10.9. The van der Waals surface area contributed by atoms with Crippen molar-refractivity contribution in [1.82, 2.24) is 14.8 Å². The largest absolute Gasteiger partial charge is 0.507 e. The van der Waals surface area contributed by atoms with Crippen LogP contribution in [0.3, 0.4) is 0 Å². The Labute approximate surface area is 240 Å². The summed E-state index contributed by atoms with van der Waals surface area (Å²) in [6.45, 7) is 6.53. The van der Waals surface area contributed by atoms with Gasteiger partial charge in [-0.15, -0.1) is 0 Å². The van der Waals surface area contributed by atoms with Crippen LogP contribution in [0.25, 0.3) is 22.0 Å². The zero-order chi connectivity index (χ0) is 29.3. The number of amides is 2. The molecule has 12 heteroatoms. The lowest BCUT2D eigenvalue weighted by Gasteiger charge is -2.52. The number of ether oxygens (including phenoxy) is 1. The van der Waals surface area contributed by atoms with Crippen molar-refractivity contribution < 1.29 is 28.2 Å². The van der Waals surface area contributed by atoms with E-state index in [1.807, 2.05) is 30.8 Å². The van der Waals surface area contributed by atoms with E-state index in [0.29, 0.717) is 23.3 Å². The fourth-order valence-corrected chi connectivity index (χ4v) is 6.40. The lowest BCUT2D eigenvalue weighted by atomic mass is 9.95. The van der Waals surface area contributed by atoms with Crippen LogP contribution in [0.1, 0.15) is 6.92 Å². The maximum Gasteiger partial charge on any atom is 0.251 e. The smallest absolute Gasteiger partial charge is 0.251 e. The molecule has 214 valence electrons. The predicted octanol–water partition coefficient (Wildman–Crippen LogP) is 3.80. The number of pyridine rings is 1. The molecule has 2 amide bonds. The highest BCUT2D eigenvalue weighted by Crippen LogP contribution is 2.52. The number of aromatic hydroxyl groups is 1. The Bertz CT molecular complexity index is 1610. The van der Waals surface area contributed by atoms with Crippen molar-refractivity contribution in [3.8, 4) is 22.8 Å². The highest BCUT2D eigenvalue weighted by atomic mass is 35.5. The number of halogens is 3. The molecule has 0 aliphatic carbocycles. The fraction of sp³-hybridized carbons (Fsp3) is 0.345. The first kappa shape index (κ1) is 27.2. The van der Waals surface area contributed by atoms with Gasteiger partial charge in [-0.2, -0.15) is 0 Å². The molecule has 2 aromatic carbocycles. The van der Waals surface area contributed by atoms with Crippen LogP contribution in [-0.2, 0) is 9.59 Å². The summed E-state index contributed by atoms with van der Waals surface area (Å²) in [4.78, 5) is 38.1. The van der Waals surface area contributed by atoms with E-state index in [1.165, 1.54) is 24.3 Å². The topological polar surface area (TPSA) is 89.5 Å². The van der Waals surface area contributed by atoms with E-state index in [1.54, 1.807) is 9.80 Å². The Morgan fingerprint density at radius 2 is 2.00 bits per heavy atom. The number of anilines is 2. The standard InChI is InChI=1S/C29H28ClF2N5O4/c1-5-21(39)35-13-19-29(40)37-12-15(11-34(3)4)41-28-27(37)26(36(19)10-14(35)2)16-9-17(30)22(24(32)25(16)33-28)23-18(31)7-6-8-20(23)38/h5-9,14-15,19,38H,1,10-13H2,2-4H3/t14-,15+,19-/m1/s1. The van der Waals surface area contributed by atoms with Crippen molar-refractivity contribution in [3.63, 3.8) is 0 Å². The summed E-state index contributed by atoms with van der Waals surface area (Å²) in [6, 6.07) is 4.09. The average Bonchev–Trinajstić information content (AvgIpc) is 2.91. The SMILES string of the molecule is C=CC(=O)N1C[C@@H]2C(=O)N3C[C@H](CN(C)C)Oc4nc5c(F)c(-c6c(O)cccc6F)c(Cl)cc5c(c43)N2C[C@H]1C. The number of likely N-dealkylation sites (N-methyl/N-ethyl adjacent to an activating group) is 1. The summed E-state index contributed by atoms with van der Waals surface area (Å²) >= 11 is 6.60. The third-order valence-corrected chi connectivity index (χ3v) is 8.17. The first-order chi connectivity index (χ1) is 19.5. The highest BCUT2D eigenvalue weighted by molar-refractivity contribution is 6.35. The Morgan fingerprint density at radius 1 is 1.24 bits per heavy atom. The number of fused-ring (bicyclic) bond motifs is 4. The first-order valence-electron chi connectivity index (χ1n) is 13.2. The fourth-order valence-electron chi connectivity index (χ4n) is 6.12. The van der Waals surface area contributed by atoms with Crippen molar-refractivity contribution in [2.24, 2.45) is 0 Å². The van der Waals surface area contributed by atoms with Crippen molar-refractivity contribution in [2.75, 3.05) is 50.1 Å². The number of phenols is 1. The summed E-state index contributed by atoms with van der Waals surface area (Å²) in [5.74, 6) is -2.69. The molecule has 0 radical (unpaired) electrons. The summed E-state index contributed by atoms with van der Waals surface area (Å²) in [5, 5.41) is 10.6. The number of benzene rings is 2. The third kappa shape index (κ3) is 4.17. The van der Waals surface area contributed by atoms with E-state index < -0.39 is 29.5 Å². The molecular weight excluding hydrogens is 556 g/mol. The van der Waals surface area contributed by atoms with Gasteiger partial charge in [0.05, 0.1) is 29.4 Å². The van der Waals surface area contributed by atoms with Gasteiger partial charge < -0.3 is 29.4 Å². The number of piperazine rings is 1. The van der Waals surface area contributed by atoms with E-state index in [4.69, 9.17) is 16.3 Å². The van der Waals surface area contributed by atoms with Gasteiger partial charge in [-0.1, -0.05) is 24.2 Å². The second-order valence-corrected chi connectivity index (χ2v) is 11.3. The van der Waals surface area contributed by atoms with Gasteiger partial charge in [0.2, 0.25) is 11.8 Å². The molecule has 0 spiro atoms. The van der Waals surface area contributed by atoms with E-state index in [9.17, 15) is 19.1 Å². The van der Waals surface area contributed by atoms with Gasteiger partial charge in [0, 0.05) is 30.1 Å². The van der Waals surface area contributed by atoms with Crippen LogP contribution in [0.15, 0.2) is 36.9 Å². The van der Waals surface area contributed by atoms with Crippen molar-refractivity contribution in [1.29, 1.82) is 0 Å². The monoisotopic (exact) mass is 583 g/mol.